The van der Waals surface area contributed by atoms with Crippen LogP contribution in [-0.2, 0) is 61.8 Å². The molecule has 20 atom stereocenters. The van der Waals surface area contributed by atoms with Crippen LogP contribution in [0.1, 0.15) is 91.4 Å². The van der Waals surface area contributed by atoms with E-state index in [2.05, 4.69) is 10.6 Å². The van der Waals surface area contributed by atoms with E-state index in [-0.39, 0.29) is 24.0 Å². The molecule has 127 heavy (non-hydrogen) atoms. The maximum atomic E-state index is 12.1. The maximum Gasteiger partial charge on any atom is 0.337 e. The molecule has 8 aromatic rings. The number of ether oxygens (including phenoxy) is 13. The number of aliphatic hydroxyl groups excluding tert-OH is 12. The number of esters is 5. The largest absolute Gasteiger partial charge is 0.478 e. The molecule has 8 aromatic carbocycles. The highest BCUT2D eigenvalue weighted by Crippen LogP contribution is 2.38. The topological polar surface area (TPSA) is 544 Å². The number of rotatable bonds is 24. The van der Waals surface area contributed by atoms with Crippen LogP contribution in [0.5, 0.6) is 23.0 Å². The van der Waals surface area contributed by atoms with Crippen molar-refractivity contribution in [3.8, 4) is 67.5 Å². The van der Waals surface area contributed by atoms with E-state index in [1.807, 2.05) is 43.3 Å². The molecule has 20 unspecified atom stereocenters. The predicted molar refractivity (Wildman–Crippen MR) is 447 cm³/mol. The molecule has 4 fully saturated rings. The van der Waals surface area contributed by atoms with Gasteiger partial charge in [0, 0.05) is 52.9 Å². The van der Waals surface area contributed by atoms with Gasteiger partial charge in [-0.15, -0.1) is 0 Å². The Hall–Kier alpha value is -11.9. The lowest BCUT2D eigenvalue weighted by Crippen LogP contribution is -2.63. The van der Waals surface area contributed by atoms with Crippen molar-refractivity contribution >= 4 is 47.6 Å². The molecule has 4 heterocycles. The number of amides is 2. The Morgan fingerprint density at radius 1 is 0.331 bits per heavy atom. The van der Waals surface area contributed by atoms with Gasteiger partial charge in [-0.05, 0) is 192 Å². The molecular formula is C91H104N2O34. The van der Waals surface area contributed by atoms with Crippen molar-refractivity contribution in [2.45, 2.75) is 178 Å². The second-order valence-corrected chi connectivity index (χ2v) is 29.8. The minimum absolute atomic E-state index is 0.175. The molecule has 0 saturated carbocycles. The molecule has 2 amide bonds. The fourth-order valence-electron chi connectivity index (χ4n) is 13.9. The van der Waals surface area contributed by atoms with Crippen molar-refractivity contribution in [2.75, 3.05) is 47.6 Å². The third kappa shape index (κ3) is 25.5. The van der Waals surface area contributed by atoms with Crippen molar-refractivity contribution in [3.63, 3.8) is 0 Å². The fraction of sp³-hybridized carbons (Fsp3) is 0.385. The quantitative estimate of drug-likeness (QED) is 0.0302. The molecule has 0 bridgehead atoms. The van der Waals surface area contributed by atoms with Crippen LogP contribution in [-0.4, -0.2) is 284 Å². The number of carbonyl (C=O) groups is 8. The van der Waals surface area contributed by atoms with E-state index in [4.69, 9.17) is 66.7 Å². The van der Waals surface area contributed by atoms with Gasteiger partial charge in [-0.2, -0.15) is 0 Å². The Balaban J connectivity index is 0.000000194. The van der Waals surface area contributed by atoms with E-state index in [9.17, 15) is 99.6 Å². The number of carboxylic acids is 1. The van der Waals surface area contributed by atoms with Crippen molar-refractivity contribution in [2.24, 2.45) is 0 Å². The zero-order valence-corrected chi connectivity index (χ0v) is 70.9. The molecule has 12 rings (SSSR count). The van der Waals surface area contributed by atoms with Gasteiger partial charge in [0.05, 0.1) is 38.1 Å². The average molecular weight is 1770 g/mol. The third-order valence-corrected chi connectivity index (χ3v) is 20.6. The van der Waals surface area contributed by atoms with Gasteiger partial charge in [0.15, 0.2) is 12.2 Å². The molecule has 36 heteroatoms. The van der Waals surface area contributed by atoms with Gasteiger partial charge < -0.3 is 139 Å². The van der Waals surface area contributed by atoms with Crippen LogP contribution in [0.25, 0.3) is 44.5 Å². The highest BCUT2D eigenvalue weighted by molar-refractivity contribution is 5.96. The maximum absolute atomic E-state index is 12.1. The SMILES string of the molecule is CNC(=O)c1cccc(-c2ccc(OC3OC(CO)C(O)C(O)C3O)c(C)c2)c1.CNC(=O)c1cccc(-c2ccc(OC3OC(COC(C)=O)C(OC(C)=O)C(OC(C)=O)C3OC(C)=O)c(C)c2)c1.COC(=O)c1cccc(-c2ccc(OC3OC(CO)C(O)C(O)C3O)c(C)c2)c1.Cc1cc(-c2cccc(C(=O)O)c2)ccc1OC1OC(CO)C(O)C(O)C1O. The minimum atomic E-state index is -1.52. The zero-order chi connectivity index (χ0) is 92.9. The summed E-state index contributed by atoms with van der Waals surface area (Å²) in [6.07, 6.45) is -26.7. The lowest BCUT2D eigenvalue weighted by Gasteiger charge is -2.44. The fourth-order valence-corrected chi connectivity index (χ4v) is 13.9. The van der Waals surface area contributed by atoms with Crippen LogP contribution in [0.2, 0.25) is 0 Å². The summed E-state index contributed by atoms with van der Waals surface area (Å²) in [5.74, 6) is -3.10. The Bertz CT molecular complexity index is 4990. The highest BCUT2D eigenvalue weighted by Gasteiger charge is 2.54. The van der Waals surface area contributed by atoms with Crippen LogP contribution < -0.4 is 29.6 Å². The first-order valence-electron chi connectivity index (χ1n) is 39.9. The first kappa shape index (κ1) is 98.9. The monoisotopic (exact) mass is 1770 g/mol. The molecule has 4 aliphatic rings. The molecule has 682 valence electrons. The van der Waals surface area contributed by atoms with Crippen molar-refractivity contribution < 1.29 is 166 Å². The third-order valence-electron chi connectivity index (χ3n) is 20.6. The van der Waals surface area contributed by atoms with Gasteiger partial charge in [-0.3, -0.25) is 28.8 Å². The summed E-state index contributed by atoms with van der Waals surface area (Å²) in [6.45, 7) is 9.84. The van der Waals surface area contributed by atoms with Gasteiger partial charge in [-0.25, -0.2) is 9.59 Å². The molecule has 4 aliphatic heterocycles. The number of carbonyl (C=O) groups excluding carboxylic acids is 7. The number of nitrogens with one attached hydrogen (secondary N) is 2. The summed E-state index contributed by atoms with van der Waals surface area (Å²) in [7, 11) is 4.45. The molecule has 36 nitrogen and oxygen atoms in total. The summed E-state index contributed by atoms with van der Waals surface area (Å²) in [4.78, 5) is 94.3. The smallest absolute Gasteiger partial charge is 0.337 e. The van der Waals surface area contributed by atoms with E-state index < -0.39 is 178 Å². The highest BCUT2D eigenvalue weighted by atomic mass is 16.7. The second kappa shape index (κ2) is 45.5. The molecule has 0 aliphatic carbocycles. The van der Waals surface area contributed by atoms with Crippen LogP contribution in [0, 0.1) is 27.7 Å². The van der Waals surface area contributed by atoms with Gasteiger partial charge in [0.1, 0.15) is 109 Å². The van der Waals surface area contributed by atoms with E-state index in [1.54, 1.807) is 162 Å². The van der Waals surface area contributed by atoms with Crippen molar-refractivity contribution in [1.29, 1.82) is 0 Å². The average Bonchev–Trinajstić information content (AvgIpc) is 0.777. The van der Waals surface area contributed by atoms with E-state index in [0.717, 1.165) is 76.4 Å². The minimum Gasteiger partial charge on any atom is -0.478 e. The van der Waals surface area contributed by atoms with Crippen LogP contribution in [0.15, 0.2) is 170 Å². The van der Waals surface area contributed by atoms with E-state index >= 15 is 0 Å². The lowest BCUT2D eigenvalue weighted by atomic mass is 9.97. The number of carboxylic acid groups (broad SMARTS) is 1. The molecule has 15 N–H and O–H groups in total. The van der Waals surface area contributed by atoms with Crippen LogP contribution >= 0.6 is 0 Å². The van der Waals surface area contributed by atoms with Crippen molar-refractivity contribution in [1.82, 2.24) is 10.6 Å². The van der Waals surface area contributed by atoms with Gasteiger partial charge in [0.2, 0.25) is 31.3 Å². The first-order valence-corrected chi connectivity index (χ1v) is 39.9. The summed E-state index contributed by atoms with van der Waals surface area (Å²) in [5.41, 5.74) is 11.0. The molecule has 4 saturated heterocycles. The summed E-state index contributed by atoms with van der Waals surface area (Å²) in [6, 6.07) is 48.9. The van der Waals surface area contributed by atoms with E-state index in [0.29, 0.717) is 50.8 Å². The predicted octanol–water partition coefficient (Wildman–Crippen LogP) is 3.85. The Morgan fingerprint density at radius 2 is 0.614 bits per heavy atom. The standard InChI is InChI=1S/C29H33NO11.C21H25NO7.C21H24O8.C20H22O8/c1-15-12-21(20-8-7-9-22(13-20)28(35)30-6)10-11-23(15)40-29-27(39-19(5)34)26(38-18(4)33)25(37-17(3)32)24(41-29)14-36-16(2)31;1-11-8-13(12-4-3-5-14(9-12)20(27)22-2)6-7-15(11)28-21-19(26)18(25)17(24)16(10-23)29-21;1-11-8-13(12-4-3-5-14(9-12)20(26)27-2)6-7-15(11)28-21-19(25)18(24)17(23)16(10-22)29-21;1-10-7-12(11-3-2-4-13(8-11)19(25)26)5-6-14(10)27-20-18(24)17(23)16(22)15(9-21)28-20/h7-13,24-27,29H,14H2,1-6H3,(H,30,35);3-9,16-19,21,23-26H,10H2,1-2H3,(H,22,27);3-9,16-19,21-25H,10H2,1-2H3;2-8,15-18,20-24H,9H2,1H3,(H,25,26). The van der Waals surface area contributed by atoms with Crippen molar-refractivity contribution in [3.05, 3.63) is 214 Å². The Labute approximate surface area is 729 Å². The number of hydrogen-bond donors (Lipinski definition) is 15. The zero-order valence-electron chi connectivity index (χ0n) is 70.9. The van der Waals surface area contributed by atoms with Gasteiger partial charge >= 0.3 is 35.8 Å². The number of benzene rings is 8. The summed E-state index contributed by atoms with van der Waals surface area (Å²) < 4.78 is 71.4. The number of aliphatic hydroxyl groups is 12. The molecule has 0 spiro atoms. The van der Waals surface area contributed by atoms with E-state index in [1.165, 1.54) is 20.1 Å². The van der Waals surface area contributed by atoms with Gasteiger partial charge in [-0.1, -0.05) is 72.8 Å². The number of aromatic carboxylic acids is 1. The Morgan fingerprint density at radius 3 is 0.913 bits per heavy atom. The summed E-state index contributed by atoms with van der Waals surface area (Å²) in [5, 5.41) is 132. The number of hydrogen-bond acceptors (Lipinski definition) is 33. The second-order valence-electron chi connectivity index (χ2n) is 29.8. The summed E-state index contributed by atoms with van der Waals surface area (Å²) >= 11 is 0. The van der Waals surface area contributed by atoms with Gasteiger partial charge in [0.25, 0.3) is 11.8 Å². The number of methoxy groups -OCH3 is 1. The molecule has 0 radical (unpaired) electrons. The van der Waals surface area contributed by atoms with Crippen LogP contribution in [0.3, 0.4) is 0 Å². The first-order chi connectivity index (χ1) is 60.4. The molecule has 0 aromatic heterocycles. The Kier molecular flexibility index (Phi) is 35.4. The molecular weight excluding hydrogens is 1660 g/mol. The number of aryl methyl sites for hydroxylation is 4. The normalized spacial score (nSPS) is 25.3. The van der Waals surface area contributed by atoms with Crippen LogP contribution in [0.4, 0.5) is 0 Å². The lowest BCUT2D eigenvalue weighted by molar-refractivity contribution is -0.288.